The molecule has 7 heteroatoms. The number of hydrogen-bond acceptors (Lipinski definition) is 5. The van der Waals surface area contributed by atoms with E-state index >= 15 is 0 Å². The van der Waals surface area contributed by atoms with Crippen molar-refractivity contribution in [1.29, 1.82) is 0 Å². The van der Waals surface area contributed by atoms with Crippen molar-refractivity contribution < 1.29 is 9.47 Å². The van der Waals surface area contributed by atoms with Crippen LogP contribution in [0.5, 0.6) is 0 Å². The zero-order valence-electron chi connectivity index (χ0n) is 11.5. The second-order valence-electron chi connectivity index (χ2n) is 4.25. The molecule has 108 valence electrons. The Hall–Kier alpha value is -1.11. The first-order valence-corrected chi connectivity index (χ1v) is 6.53. The molecule has 6 nitrogen and oxygen atoms in total. The van der Waals surface area contributed by atoms with Crippen LogP contribution in [0, 0.1) is 0 Å². The molecule has 0 radical (unpaired) electrons. The third-order valence-electron chi connectivity index (χ3n) is 2.43. The van der Waals surface area contributed by atoms with E-state index in [1.165, 1.54) is 4.68 Å². The summed E-state index contributed by atoms with van der Waals surface area (Å²) < 4.78 is 11.5. The van der Waals surface area contributed by atoms with Crippen LogP contribution in [-0.4, -0.2) is 43.3 Å². The molecule has 0 atom stereocenters. The molecule has 0 saturated carbocycles. The van der Waals surface area contributed by atoms with Gasteiger partial charge in [0.05, 0.1) is 37.7 Å². The Labute approximate surface area is 117 Å². The third kappa shape index (κ3) is 4.81. The van der Waals surface area contributed by atoms with Gasteiger partial charge in [-0.05, 0) is 13.8 Å². The molecule has 1 N–H and O–H groups in total. The number of ether oxygens (including phenoxy) is 2. The number of anilines is 1. The van der Waals surface area contributed by atoms with Gasteiger partial charge in [0.15, 0.2) is 0 Å². The fraction of sp³-hybridized carbons (Fsp3) is 0.667. The van der Waals surface area contributed by atoms with Crippen molar-refractivity contribution in [2.75, 3.05) is 38.8 Å². The number of nitrogens with one attached hydrogen (secondary N) is 1. The van der Waals surface area contributed by atoms with Crippen LogP contribution in [-0.2, 0) is 9.47 Å². The Morgan fingerprint density at radius 3 is 2.79 bits per heavy atom. The van der Waals surface area contributed by atoms with E-state index in [2.05, 4.69) is 10.4 Å². The average Bonchev–Trinajstić information content (AvgIpc) is 2.38. The van der Waals surface area contributed by atoms with Crippen molar-refractivity contribution in [3.63, 3.8) is 0 Å². The number of aromatic nitrogens is 2. The van der Waals surface area contributed by atoms with Crippen LogP contribution >= 0.6 is 11.6 Å². The lowest BCUT2D eigenvalue weighted by atomic mass is 10.4. The highest BCUT2D eigenvalue weighted by molar-refractivity contribution is 6.32. The van der Waals surface area contributed by atoms with Gasteiger partial charge in [-0.3, -0.25) is 4.79 Å². The third-order valence-corrected chi connectivity index (χ3v) is 2.79. The van der Waals surface area contributed by atoms with Crippen molar-refractivity contribution in [2.45, 2.75) is 19.9 Å². The largest absolute Gasteiger partial charge is 0.382 e. The van der Waals surface area contributed by atoms with Gasteiger partial charge in [-0.15, -0.1) is 0 Å². The molecule has 1 rings (SSSR count). The smallest absolute Gasteiger partial charge is 0.287 e. The van der Waals surface area contributed by atoms with E-state index in [4.69, 9.17) is 21.1 Å². The normalized spacial score (nSPS) is 11.0. The van der Waals surface area contributed by atoms with Crippen molar-refractivity contribution in [3.8, 4) is 0 Å². The predicted molar refractivity (Wildman–Crippen MR) is 75.1 cm³/mol. The lowest BCUT2D eigenvalue weighted by Gasteiger charge is -2.12. The second-order valence-corrected chi connectivity index (χ2v) is 4.63. The van der Waals surface area contributed by atoms with Gasteiger partial charge in [-0.25, -0.2) is 4.68 Å². The van der Waals surface area contributed by atoms with Gasteiger partial charge in [0.2, 0.25) is 0 Å². The minimum Gasteiger partial charge on any atom is -0.382 e. The molecule has 1 aromatic heterocycles. The van der Waals surface area contributed by atoms with E-state index in [1.807, 2.05) is 13.8 Å². The Morgan fingerprint density at radius 1 is 1.42 bits per heavy atom. The fourth-order valence-corrected chi connectivity index (χ4v) is 1.64. The molecular weight excluding hydrogens is 270 g/mol. The van der Waals surface area contributed by atoms with E-state index in [0.29, 0.717) is 32.1 Å². The molecule has 0 saturated heterocycles. The molecule has 0 spiro atoms. The molecule has 0 bridgehead atoms. The Kier molecular flexibility index (Phi) is 6.83. The van der Waals surface area contributed by atoms with Crippen LogP contribution < -0.4 is 10.9 Å². The van der Waals surface area contributed by atoms with E-state index in [9.17, 15) is 4.79 Å². The van der Waals surface area contributed by atoms with Gasteiger partial charge in [-0.2, -0.15) is 5.10 Å². The van der Waals surface area contributed by atoms with Gasteiger partial charge in [0.1, 0.15) is 5.02 Å². The molecule has 0 unspecified atom stereocenters. The first kappa shape index (κ1) is 15.9. The van der Waals surface area contributed by atoms with Crippen LogP contribution in [0.1, 0.15) is 19.9 Å². The van der Waals surface area contributed by atoms with E-state index in [0.717, 1.165) is 0 Å². The summed E-state index contributed by atoms with van der Waals surface area (Å²) in [5, 5.41) is 7.24. The number of rotatable bonds is 8. The summed E-state index contributed by atoms with van der Waals surface area (Å²) in [6, 6.07) is -0.0172. The topological polar surface area (TPSA) is 65.4 Å². The highest BCUT2D eigenvalue weighted by atomic mass is 35.5. The maximum atomic E-state index is 11.9. The molecular formula is C12H20ClN3O3. The molecule has 0 aliphatic rings. The first-order chi connectivity index (χ1) is 9.07. The second kappa shape index (κ2) is 8.14. The summed E-state index contributed by atoms with van der Waals surface area (Å²) in [4.78, 5) is 11.9. The highest BCUT2D eigenvalue weighted by Crippen LogP contribution is 2.15. The lowest BCUT2D eigenvalue weighted by Crippen LogP contribution is -2.26. The summed E-state index contributed by atoms with van der Waals surface area (Å²) in [5.74, 6) is 0. The van der Waals surface area contributed by atoms with Gasteiger partial charge in [-0.1, -0.05) is 11.6 Å². The van der Waals surface area contributed by atoms with Crippen molar-refractivity contribution in [1.82, 2.24) is 9.78 Å². The molecule has 0 amide bonds. The summed E-state index contributed by atoms with van der Waals surface area (Å²) in [5.41, 5.74) is 0.237. The molecule has 0 fully saturated rings. The van der Waals surface area contributed by atoms with Gasteiger partial charge < -0.3 is 14.8 Å². The lowest BCUT2D eigenvalue weighted by molar-refractivity contribution is 0.0759. The summed E-state index contributed by atoms with van der Waals surface area (Å²) in [6.45, 7) is 5.91. The first-order valence-electron chi connectivity index (χ1n) is 6.15. The Balaban J connectivity index is 2.51. The standard InChI is InChI=1S/C12H20ClN3O3/c1-9(2)16-12(17)11(13)10(8-15-16)14-4-5-19-7-6-18-3/h8-9,14H,4-7H2,1-3H3. The zero-order valence-corrected chi connectivity index (χ0v) is 12.2. The molecule has 0 aliphatic carbocycles. The number of hydrogen-bond donors (Lipinski definition) is 1. The van der Waals surface area contributed by atoms with Crippen molar-refractivity contribution in [3.05, 3.63) is 21.6 Å². The maximum Gasteiger partial charge on any atom is 0.287 e. The summed E-state index contributed by atoms with van der Waals surface area (Å²) in [7, 11) is 1.62. The van der Waals surface area contributed by atoms with Gasteiger partial charge in [0, 0.05) is 13.7 Å². The fourth-order valence-electron chi connectivity index (χ4n) is 1.44. The molecule has 0 aromatic carbocycles. The van der Waals surface area contributed by atoms with Gasteiger partial charge >= 0.3 is 0 Å². The maximum absolute atomic E-state index is 11.9. The summed E-state index contributed by atoms with van der Waals surface area (Å²) in [6.07, 6.45) is 1.55. The minimum absolute atomic E-state index is 0.0172. The molecule has 0 aliphatic heterocycles. The van der Waals surface area contributed by atoms with Crippen molar-refractivity contribution in [2.24, 2.45) is 0 Å². The minimum atomic E-state index is -0.290. The Bertz CT molecular complexity index is 448. The van der Waals surface area contributed by atoms with E-state index < -0.39 is 0 Å². The average molecular weight is 290 g/mol. The van der Waals surface area contributed by atoms with Crippen LogP contribution in [0.4, 0.5) is 5.69 Å². The van der Waals surface area contributed by atoms with Crippen LogP contribution in [0.3, 0.4) is 0 Å². The number of methoxy groups -OCH3 is 1. The zero-order chi connectivity index (χ0) is 14.3. The number of nitrogens with zero attached hydrogens (tertiary/aromatic N) is 2. The predicted octanol–water partition coefficient (Wildman–Crippen LogP) is 1.55. The van der Waals surface area contributed by atoms with Crippen LogP contribution in [0.2, 0.25) is 5.02 Å². The van der Waals surface area contributed by atoms with Gasteiger partial charge in [0.25, 0.3) is 5.56 Å². The van der Waals surface area contributed by atoms with Crippen molar-refractivity contribution >= 4 is 17.3 Å². The summed E-state index contributed by atoms with van der Waals surface area (Å²) >= 11 is 6.01. The monoisotopic (exact) mass is 289 g/mol. The van der Waals surface area contributed by atoms with E-state index in [-0.39, 0.29) is 16.6 Å². The Morgan fingerprint density at radius 2 is 2.16 bits per heavy atom. The SMILES string of the molecule is COCCOCCNc1cnn(C(C)C)c(=O)c1Cl. The number of halogens is 1. The van der Waals surface area contributed by atoms with E-state index in [1.54, 1.807) is 13.3 Å². The molecule has 19 heavy (non-hydrogen) atoms. The molecule has 1 heterocycles. The molecule has 1 aromatic rings. The van der Waals surface area contributed by atoms with Crippen LogP contribution in [0.25, 0.3) is 0 Å². The quantitative estimate of drug-likeness (QED) is 0.736. The highest BCUT2D eigenvalue weighted by Gasteiger charge is 2.10. The van der Waals surface area contributed by atoms with Crippen LogP contribution in [0.15, 0.2) is 11.0 Å².